The Labute approximate surface area is 298 Å². The van der Waals surface area contributed by atoms with E-state index in [9.17, 15) is 18.0 Å². The van der Waals surface area contributed by atoms with Crippen LogP contribution < -0.4 is 19.1 Å². The number of ether oxygens (including phenoxy) is 2. The van der Waals surface area contributed by atoms with Crippen molar-refractivity contribution in [3.63, 3.8) is 0 Å². The molecule has 4 rings (SSSR count). The molecule has 0 aliphatic heterocycles. The Hall–Kier alpha value is -4.25. The second-order valence-electron chi connectivity index (χ2n) is 11.6. The van der Waals surface area contributed by atoms with E-state index in [1.807, 2.05) is 51.1 Å². The van der Waals surface area contributed by atoms with Crippen molar-refractivity contribution in [1.82, 2.24) is 10.2 Å². The van der Waals surface area contributed by atoms with E-state index in [1.54, 1.807) is 42.5 Å². The number of nitrogens with one attached hydrogen (secondary N) is 1. The minimum absolute atomic E-state index is 0.116. The number of hydrogen-bond acceptors (Lipinski definition) is 6. The van der Waals surface area contributed by atoms with Gasteiger partial charge < -0.3 is 19.7 Å². The van der Waals surface area contributed by atoms with E-state index >= 15 is 0 Å². The molecule has 0 saturated carbocycles. The average molecular weight is 727 g/mol. The highest BCUT2D eigenvalue weighted by Gasteiger charge is 2.36. The maximum Gasteiger partial charge on any atom is 0.264 e. The van der Waals surface area contributed by atoms with Crippen molar-refractivity contribution in [1.29, 1.82) is 0 Å². The third-order valence-electron chi connectivity index (χ3n) is 8.21. The first-order valence-electron chi connectivity index (χ1n) is 15.8. The van der Waals surface area contributed by atoms with Gasteiger partial charge in [-0.1, -0.05) is 84.2 Å². The topological polar surface area (TPSA) is 105 Å². The molecule has 4 aromatic rings. The van der Waals surface area contributed by atoms with Crippen LogP contribution >= 0.6 is 23.2 Å². The average Bonchev–Trinajstić information content (AvgIpc) is 3.10. The summed E-state index contributed by atoms with van der Waals surface area (Å²) in [5.74, 6) is -0.475. The first kappa shape index (κ1) is 37.6. The van der Waals surface area contributed by atoms with Crippen LogP contribution in [-0.2, 0) is 32.6 Å². The van der Waals surface area contributed by atoms with E-state index in [2.05, 4.69) is 5.32 Å². The summed E-state index contributed by atoms with van der Waals surface area (Å²) in [6, 6.07) is 24.1. The standard InChI is InChI=1S/C37H41Cl2N3O6S/c1-6-26(3)40-37(44)33(21-27-11-8-7-9-12-27)41(23-30-31(38)13-10-14-32(30)39)36(43)24-42(28-17-15-25(2)16-18-28)49(45,46)29-19-20-34(47-4)35(22-29)48-5/h7-20,22,26,33H,6,21,23-24H2,1-5H3,(H,40,44)/t26-,33-/m0/s1. The van der Waals surface area contributed by atoms with Gasteiger partial charge in [-0.2, -0.15) is 0 Å². The van der Waals surface area contributed by atoms with Crippen molar-refractivity contribution in [3.05, 3.63) is 118 Å². The minimum atomic E-state index is -4.37. The molecular formula is C37H41Cl2N3O6S. The van der Waals surface area contributed by atoms with Crippen molar-refractivity contribution in [3.8, 4) is 11.5 Å². The molecular weight excluding hydrogens is 685 g/mol. The van der Waals surface area contributed by atoms with Gasteiger partial charge in [0.05, 0.1) is 24.8 Å². The van der Waals surface area contributed by atoms with Crippen molar-refractivity contribution in [2.24, 2.45) is 0 Å². The fourth-order valence-electron chi connectivity index (χ4n) is 5.19. The number of carbonyl (C=O) groups excluding carboxylic acids is 2. The van der Waals surface area contributed by atoms with Gasteiger partial charge in [0.15, 0.2) is 11.5 Å². The van der Waals surface area contributed by atoms with Crippen LogP contribution in [0.25, 0.3) is 0 Å². The molecule has 0 radical (unpaired) electrons. The number of benzene rings is 4. The molecule has 260 valence electrons. The summed E-state index contributed by atoms with van der Waals surface area (Å²) in [6.07, 6.45) is 0.822. The Morgan fingerprint density at radius 3 is 2.08 bits per heavy atom. The highest BCUT2D eigenvalue weighted by atomic mass is 35.5. The number of amides is 2. The summed E-state index contributed by atoms with van der Waals surface area (Å²) in [6.45, 7) is 4.91. The van der Waals surface area contributed by atoms with Crippen molar-refractivity contribution in [2.75, 3.05) is 25.1 Å². The first-order valence-corrected chi connectivity index (χ1v) is 18.0. The van der Waals surface area contributed by atoms with Crippen molar-refractivity contribution in [2.45, 2.75) is 57.1 Å². The number of halogens is 2. The molecule has 0 aliphatic rings. The van der Waals surface area contributed by atoms with Crippen LogP contribution in [0.1, 0.15) is 37.0 Å². The lowest BCUT2D eigenvalue weighted by molar-refractivity contribution is -0.140. The zero-order chi connectivity index (χ0) is 35.7. The van der Waals surface area contributed by atoms with Gasteiger partial charge >= 0.3 is 0 Å². The lowest BCUT2D eigenvalue weighted by atomic mass is 10.0. The zero-order valence-electron chi connectivity index (χ0n) is 28.2. The second kappa shape index (κ2) is 16.9. The lowest BCUT2D eigenvalue weighted by Crippen LogP contribution is -2.54. The fourth-order valence-corrected chi connectivity index (χ4v) is 7.14. The Balaban J connectivity index is 1.86. The molecule has 4 aromatic carbocycles. The molecule has 0 saturated heterocycles. The number of anilines is 1. The predicted octanol–water partition coefficient (Wildman–Crippen LogP) is 7.07. The van der Waals surface area contributed by atoms with Gasteiger partial charge in [0, 0.05) is 40.7 Å². The maximum atomic E-state index is 14.7. The van der Waals surface area contributed by atoms with Crippen LogP contribution in [0.4, 0.5) is 5.69 Å². The normalized spacial score (nSPS) is 12.5. The molecule has 0 spiro atoms. The van der Waals surface area contributed by atoms with Gasteiger partial charge in [0.1, 0.15) is 12.6 Å². The van der Waals surface area contributed by atoms with Crippen molar-refractivity contribution < 1.29 is 27.5 Å². The third-order valence-corrected chi connectivity index (χ3v) is 10.7. The molecule has 1 N–H and O–H groups in total. The van der Waals surface area contributed by atoms with Gasteiger partial charge in [-0.05, 0) is 62.2 Å². The molecule has 0 aliphatic carbocycles. The van der Waals surface area contributed by atoms with Gasteiger partial charge in [-0.15, -0.1) is 0 Å². The highest BCUT2D eigenvalue weighted by molar-refractivity contribution is 7.92. The van der Waals surface area contributed by atoms with Gasteiger partial charge in [-0.3, -0.25) is 13.9 Å². The molecule has 9 nitrogen and oxygen atoms in total. The highest BCUT2D eigenvalue weighted by Crippen LogP contribution is 2.33. The van der Waals surface area contributed by atoms with Gasteiger partial charge in [0.25, 0.3) is 10.0 Å². The van der Waals surface area contributed by atoms with Crippen LogP contribution in [-0.4, -0.2) is 58.0 Å². The Morgan fingerprint density at radius 2 is 1.49 bits per heavy atom. The molecule has 0 bridgehead atoms. The molecule has 0 heterocycles. The number of aryl methyl sites for hydroxylation is 1. The molecule has 0 aromatic heterocycles. The molecule has 2 amide bonds. The summed E-state index contributed by atoms with van der Waals surface area (Å²) in [7, 11) is -1.51. The second-order valence-corrected chi connectivity index (χ2v) is 14.3. The molecule has 0 unspecified atom stereocenters. The van der Waals surface area contributed by atoms with Crippen LogP contribution in [0.5, 0.6) is 11.5 Å². The summed E-state index contributed by atoms with van der Waals surface area (Å²) in [4.78, 5) is 30.0. The largest absolute Gasteiger partial charge is 0.493 e. The van der Waals surface area contributed by atoms with Crippen LogP contribution in [0.15, 0.2) is 95.9 Å². The number of hydrogen-bond donors (Lipinski definition) is 1. The summed E-state index contributed by atoms with van der Waals surface area (Å²) >= 11 is 13.2. The molecule has 0 fully saturated rings. The van der Waals surface area contributed by atoms with E-state index in [0.29, 0.717) is 27.8 Å². The summed E-state index contributed by atoms with van der Waals surface area (Å²) < 4.78 is 40.6. The quantitative estimate of drug-likeness (QED) is 0.141. The van der Waals surface area contributed by atoms with Crippen molar-refractivity contribution >= 4 is 50.7 Å². The van der Waals surface area contributed by atoms with Crippen LogP contribution in [0.3, 0.4) is 0 Å². The van der Waals surface area contributed by atoms with E-state index in [0.717, 1.165) is 15.4 Å². The predicted molar refractivity (Wildman–Crippen MR) is 194 cm³/mol. The minimum Gasteiger partial charge on any atom is -0.493 e. The first-order chi connectivity index (χ1) is 23.4. The number of methoxy groups -OCH3 is 2. The summed E-state index contributed by atoms with van der Waals surface area (Å²) in [5.41, 5.74) is 2.40. The molecule has 12 heteroatoms. The van der Waals surface area contributed by atoms with E-state index in [4.69, 9.17) is 32.7 Å². The number of nitrogens with zero attached hydrogens (tertiary/aromatic N) is 2. The Morgan fingerprint density at radius 1 is 0.857 bits per heavy atom. The number of carbonyl (C=O) groups is 2. The smallest absolute Gasteiger partial charge is 0.264 e. The SMILES string of the molecule is CC[C@H](C)NC(=O)[C@H](Cc1ccccc1)N(Cc1c(Cl)cccc1Cl)C(=O)CN(c1ccc(C)cc1)S(=O)(=O)c1ccc(OC)c(OC)c1. The maximum absolute atomic E-state index is 14.7. The summed E-state index contributed by atoms with van der Waals surface area (Å²) in [5, 5.41) is 3.62. The third kappa shape index (κ3) is 9.26. The Bertz CT molecular complexity index is 1840. The number of sulfonamides is 1. The van der Waals surface area contributed by atoms with E-state index in [-0.39, 0.29) is 41.2 Å². The zero-order valence-corrected chi connectivity index (χ0v) is 30.5. The van der Waals surface area contributed by atoms with Gasteiger partial charge in [-0.25, -0.2) is 8.42 Å². The monoisotopic (exact) mass is 725 g/mol. The van der Waals surface area contributed by atoms with Gasteiger partial charge in [0.2, 0.25) is 11.8 Å². The Kier molecular flexibility index (Phi) is 13.0. The fraction of sp³-hybridized carbons (Fsp3) is 0.297. The number of rotatable bonds is 15. The van der Waals surface area contributed by atoms with Crippen LogP contribution in [0, 0.1) is 6.92 Å². The molecule has 2 atom stereocenters. The molecule has 49 heavy (non-hydrogen) atoms. The van der Waals surface area contributed by atoms with Crippen LogP contribution in [0.2, 0.25) is 10.0 Å². The van der Waals surface area contributed by atoms with E-state index < -0.39 is 28.5 Å². The van der Waals surface area contributed by atoms with E-state index in [1.165, 1.54) is 37.3 Å². The lowest BCUT2D eigenvalue weighted by Gasteiger charge is -2.34.